The lowest BCUT2D eigenvalue weighted by Crippen LogP contribution is -2.18. The number of carboxylic acids is 1. The maximum absolute atomic E-state index is 13.7. The summed E-state index contributed by atoms with van der Waals surface area (Å²) in [6, 6.07) is 0.817. The average molecular weight is 256 g/mol. The van der Waals surface area contributed by atoms with Gasteiger partial charge in [-0.2, -0.15) is 0 Å². The zero-order chi connectivity index (χ0) is 13.3. The van der Waals surface area contributed by atoms with Crippen LogP contribution in [0.25, 0.3) is 0 Å². The van der Waals surface area contributed by atoms with Crippen molar-refractivity contribution in [1.82, 2.24) is 0 Å². The van der Waals surface area contributed by atoms with Crippen LogP contribution in [0.1, 0.15) is 24.5 Å². The standard InChI is InChI=1S/C13H14F2O3/c1-7(13(16)17)5-9-11(15)6-10(14)8-3-2-4-18-12(8)9/h6-7H,2-5H2,1H3,(H,16,17). The Morgan fingerprint density at radius 1 is 1.50 bits per heavy atom. The molecule has 1 atom stereocenters. The lowest BCUT2D eigenvalue weighted by Gasteiger charge is -2.22. The van der Waals surface area contributed by atoms with E-state index >= 15 is 0 Å². The number of ether oxygens (including phenoxy) is 1. The summed E-state index contributed by atoms with van der Waals surface area (Å²) in [5, 5.41) is 8.86. The van der Waals surface area contributed by atoms with Gasteiger partial charge in [-0.05, 0) is 19.3 Å². The molecule has 0 saturated carbocycles. The third kappa shape index (κ3) is 2.30. The zero-order valence-electron chi connectivity index (χ0n) is 10.0. The molecule has 3 nitrogen and oxygen atoms in total. The number of rotatable bonds is 3. The van der Waals surface area contributed by atoms with Gasteiger partial charge in [0.1, 0.15) is 17.4 Å². The Kier molecular flexibility index (Phi) is 3.50. The van der Waals surface area contributed by atoms with E-state index < -0.39 is 23.5 Å². The van der Waals surface area contributed by atoms with Gasteiger partial charge >= 0.3 is 5.97 Å². The Bertz CT molecular complexity index is 486. The number of carboxylic acid groups (broad SMARTS) is 1. The van der Waals surface area contributed by atoms with Gasteiger partial charge in [-0.15, -0.1) is 0 Å². The Balaban J connectivity index is 2.43. The number of carbonyl (C=O) groups is 1. The Labute approximate surface area is 103 Å². The molecule has 0 saturated heterocycles. The third-order valence-corrected chi connectivity index (χ3v) is 3.13. The van der Waals surface area contributed by atoms with Gasteiger partial charge in [0.25, 0.3) is 0 Å². The average Bonchev–Trinajstić information content (AvgIpc) is 2.34. The Morgan fingerprint density at radius 2 is 2.22 bits per heavy atom. The number of aliphatic carboxylic acids is 1. The normalized spacial score (nSPS) is 15.7. The third-order valence-electron chi connectivity index (χ3n) is 3.13. The van der Waals surface area contributed by atoms with Gasteiger partial charge < -0.3 is 9.84 Å². The number of benzene rings is 1. The van der Waals surface area contributed by atoms with Crippen molar-refractivity contribution in [2.45, 2.75) is 26.2 Å². The van der Waals surface area contributed by atoms with Crippen molar-refractivity contribution in [3.63, 3.8) is 0 Å². The molecule has 5 heteroatoms. The summed E-state index contributed by atoms with van der Waals surface area (Å²) in [5.74, 6) is -2.90. The first-order valence-electron chi connectivity index (χ1n) is 5.86. The molecule has 1 heterocycles. The van der Waals surface area contributed by atoms with Crippen LogP contribution in [0.5, 0.6) is 5.75 Å². The summed E-state index contributed by atoms with van der Waals surface area (Å²) in [6.07, 6.45) is 1.18. The maximum Gasteiger partial charge on any atom is 0.306 e. The molecule has 1 aromatic carbocycles. The minimum atomic E-state index is -1.01. The van der Waals surface area contributed by atoms with Crippen molar-refractivity contribution in [2.75, 3.05) is 6.61 Å². The highest BCUT2D eigenvalue weighted by molar-refractivity contribution is 5.70. The van der Waals surface area contributed by atoms with Crippen LogP contribution < -0.4 is 4.74 Å². The lowest BCUT2D eigenvalue weighted by atomic mass is 9.95. The van der Waals surface area contributed by atoms with Crippen LogP contribution in [-0.4, -0.2) is 17.7 Å². The first-order valence-corrected chi connectivity index (χ1v) is 5.86. The van der Waals surface area contributed by atoms with Crippen molar-refractivity contribution in [3.05, 3.63) is 28.8 Å². The van der Waals surface area contributed by atoms with Gasteiger partial charge in [-0.25, -0.2) is 8.78 Å². The van der Waals surface area contributed by atoms with Crippen LogP contribution >= 0.6 is 0 Å². The van der Waals surface area contributed by atoms with E-state index in [1.54, 1.807) is 0 Å². The van der Waals surface area contributed by atoms with E-state index in [0.29, 0.717) is 25.0 Å². The van der Waals surface area contributed by atoms with Crippen molar-refractivity contribution in [1.29, 1.82) is 0 Å². The molecule has 0 fully saturated rings. The second-order valence-electron chi connectivity index (χ2n) is 4.52. The molecule has 1 unspecified atom stereocenters. The predicted molar refractivity (Wildman–Crippen MR) is 60.7 cm³/mol. The summed E-state index contributed by atoms with van der Waals surface area (Å²) >= 11 is 0. The fourth-order valence-corrected chi connectivity index (χ4v) is 2.10. The highest BCUT2D eigenvalue weighted by atomic mass is 19.1. The van der Waals surface area contributed by atoms with E-state index in [1.807, 2.05) is 0 Å². The van der Waals surface area contributed by atoms with Crippen LogP contribution in [-0.2, 0) is 17.6 Å². The first-order chi connectivity index (χ1) is 8.50. The molecule has 1 aliphatic heterocycles. The van der Waals surface area contributed by atoms with E-state index in [4.69, 9.17) is 9.84 Å². The van der Waals surface area contributed by atoms with Gasteiger partial charge in [0.05, 0.1) is 12.5 Å². The second-order valence-corrected chi connectivity index (χ2v) is 4.52. The Morgan fingerprint density at radius 3 is 2.89 bits per heavy atom. The van der Waals surface area contributed by atoms with E-state index in [1.165, 1.54) is 6.92 Å². The molecular formula is C13H14F2O3. The summed E-state index contributed by atoms with van der Waals surface area (Å²) in [5.41, 5.74) is 0.524. The molecule has 0 aromatic heterocycles. The first kappa shape index (κ1) is 12.8. The van der Waals surface area contributed by atoms with Crippen molar-refractivity contribution < 1.29 is 23.4 Å². The summed E-state index contributed by atoms with van der Waals surface area (Å²) in [6.45, 7) is 1.89. The maximum atomic E-state index is 13.7. The lowest BCUT2D eigenvalue weighted by molar-refractivity contribution is -0.141. The minimum absolute atomic E-state index is 0.00375. The van der Waals surface area contributed by atoms with Gasteiger partial charge in [0.15, 0.2) is 0 Å². The molecule has 0 radical (unpaired) electrons. The molecule has 18 heavy (non-hydrogen) atoms. The molecule has 2 rings (SSSR count). The summed E-state index contributed by atoms with van der Waals surface area (Å²) in [4.78, 5) is 10.8. The van der Waals surface area contributed by atoms with Crippen molar-refractivity contribution in [3.8, 4) is 5.75 Å². The van der Waals surface area contributed by atoms with Crippen LogP contribution in [0, 0.1) is 17.6 Å². The molecule has 1 aliphatic rings. The SMILES string of the molecule is CC(Cc1c(F)cc(F)c2c1OCCC2)C(=O)O. The number of hydrogen-bond donors (Lipinski definition) is 1. The van der Waals surface area contributed by atoms with Gasteiger partial charge in [-0.3, -0.25) is 4.79 Å². The van der Waals surface area contributed by atoms with E-state index in [-0.39, 0.29) is 17.7 Å². The van der Waals surface area contributed by atoms with Gasteiger partial charge in [-0.1, -0.05) is 6.92 Å². The number of fused-ring (bicyclic) bond motifs is 1. The quantitative estimate of drug-likeness (QED) is 0.904. The smallest absolute Gasteiger partial charge is 0.306 e. The number of halogens is 2. The molecule has 0 bridgehead atoms. The van der Waals surface area contributed by atoms with Crippen molar-refractivity contribution in [2.24, 2.45) is 5.92 Å². The minimum Gasteiger partial charge on any atom is -0.493 e. The largest absolute Gasteiger partial charge is 0.493 e. The topological polar surface area (TPSA) is 46.5 Å². The van der Waals surface area contributed by atoms with E-state index in [2.05, 4.69) is 0 Å². The molecular weight excluding hydrogens is 242 g/mol. The summed E-state index contributed by atoms with van der Waals surface area (Å²) in [7, 11) is 0. The van der Waals surface area contributed by atoms with Crippen LogP contribution in [0.3, 0.4) is 0 Å². The molecule has 0 spiro atoms. The molecule has 98 valence electrons. The zero-order valence-corrected chi connectivity index (χ0v) is 10.0. The fraction of sp³-hybridized carbons (Fsp3) is 0.462. The molecule has 1 aromatic rings. The van der Waals surface area contributed by atoms with Gasteiger partial charge in [0, 0.05) is 17.2 Å². The van der Waals surface area contributed by atoms with E-state index in [9.17, 15) is 13.6 Å². The summed E-state index contributed by atoms with van der Waals surface area (Å²) < 4.78 is 32.6. The van der Waals surface area contributed by atoms with E-state index in [0.717, 1.165) is 6.07 Å². The predicted octanol–water partition coefficient (Wildman–Crippen LogP) is 2.55. The van der Waals surface area contributed by atoms with Crippen LogP contribution in [0.4, 0.5) is 8.78 Å². The van der Waals surface area contributed by atoms with Crippen LogP contribution in [0.2, 0.25) is 0 Å². The molecule has 0 amide bonds. The monoisotopic (exact) mass is 256 g/mol. The highest BCUT2D eigenvalue weighted by Gasteiger charge is 2.25. The molecule has 1 N–H and O–H groups in total. The van der Waals surface area contributed by atoms with Gasteiger partial charge in [0.2, 0.25) is 0 Å². The fourth-order valence-electron chi connectivity index (χ4n) is 2.10. The van der Waals surface area contributed by atoms with Crippen LogP contribution in [0.15, 0.2) is 6.07 Å². The second kappa shape index (κ2) is 4.92. The number of hydrogen-bond acceptors (Lipinski definition) is 2. The van der Waals surface area contributed by atoms with Crippen molar-refractivity contribution >= 4 is 5.97 Å². The highest BCUT2D eigenvalue weighted by Crippen LogP contribution is 2.34. The Hall–Kier alpha value is -1.65. The molecule has 0 aliphatic carbocycles.